The van der Waals surface area contributed by atoms with Crippen molar-refractivity contribution >= 4 is 54.9 Å². The number of benzene rings is 1. The first-order valence-electron chi connectivity index (χ1n) is 25.0. The van der Waals surface area contributed by atoms with E-state index in [1.165, 1.54) is 45.8 Å². The number of ether oxygens (including phenoxy) is 3. The molecule has 1 aromatic carbocycles. The van der Waals surface area contributed by atoms with E-state index in [0.29, 0.717) is 37.9 Å². The number of amides is 6. The number of esters is 2. The van der Waals surface area contributed by atoms with Gasteiger partial charge in [0, 0.05) is 58.3 Å². The van der Waals surface area contributed by atoms with Gasteiger partial charge in [0.2, 0.25) is 23.6 Å². The van der Waals surface area contributed by atoms with E-state index in [1.54, 1.807) is 71.4 Å². The molecule has 1 unspecified atom stereocenters. The Bertz CT molecular complexity index is 2110. The monoisotopic (exact) mass is 1030 g/mol. The van der Waals surface area contributed by atoms with Crippen molar-refractivity contribution in [2.45, 2.75) is 157 Å². The first kappa shape index (κ1) is 62.6. The molecule has 2 rings (SSSR count). The Morgan fingerprint density at radius 1 is 0.903 bits per heavy atom. The van der Waals surface area contributed by atoms with E-state index in [2.05, 4.69) is 21.3 Å². The van der Waals surface area contributed by atoms with Gasteiger partial charge >= 0.3 is 18.0 Å². The standard InChI is InChI=1S/C52H83N6O13P/c1-15-33(5)44-47(61)55-38(10)51(65)71-45(34(6)16-2)36(8)41(70-52(66)53-27-21-18-22-28-68-72(13,14)67)26-25-35(7)50(64)69-42(29-32(3)4)46(60)54-37(9)48(62)58(12)40(30-39-23-19-17-20-24-39)49(63)57(11)31-43(59)56-44/h16-17,19-20,23-25,32-33,36-38,40-42,44-45H,15,18,21-22,26-31H2,1-14H3,(H,53,66)(H,54,60)(H,55,61)(H,56,59)/b34-16+,35-25+/t33?,36-,37-,38+,40+,41-,42+,44-,45+/m0/s1. The molecule has 0 fully saturated rings. The van der Waals surface area contributed by atoms with Crippen molar-refractivity contribution in [1.82, 2.24) is 31.1 Å². The smallest absolute Gasteiger partial charge is 0.407 e. The number of carbonyl (C=O) groups excluding carboxylic acids is 8. The summed E-state index contributed by atoms with van der Waals surface area (Å²) in [5.41, 5.74) is 1.40. The zero-order valence-corrected chi connectivity index (χ0v) is 45.9. The molecule has 1 aliphatic rings. The SMILES string of the molecule is C/C=C(\C)[C@H]1OC(=O)[C@@H](C)NC(=O)[C@H](C(C)CC)NC(=O)CN(C)C(=O)[C@@H](Cc2ccccc2)N(C)C(=O)[C@H](C)NC(=O)[C@@H](CC(C)C)OC(=O)/C(C)=C/C[C@H](OC(=O)NCCCCCOP(C)(C)=O)[C@@H]1C. The number of allylic oxidation sites excluding steroid dienone is 1. The Hall–Kier alpha value is -5.55. The Morgan fingerprint density at radius 3 is 2.14 bits per heavy atom. The molecule has 1 heterocycles. The second-order valence-electron chi connectivity index (χ2n) is 19.7. The predicted molar refractivity (Wildman–Crippen MR) is 275 cm³/mol. The third-order valence-electron chi connectivity index (χ3n) is 12.6. The summed E-state index contributed by atoms with van der Waals surface area (Å²) in [7, 11) is 0.221. The van der Waals surface area contributed by atoms with Crippen molar-refractivity contribution < 1.29 is 61.7 Å². The van der Waals surface area contributed by atoms with Crippen molar-refractivity contribution in [2.75, 3.05) is 47.1 Å². The van der Waals surface area contributed by atoms with E-state index < -0.39 is 116 Å². The molecule has 0 aliphatic carbocycles. The van der Waals surface area contributed by atoms with Gasteiger partial charge in [-0.15, -0.1) is 0 Å². The number of alkyl carbamates (subject to hydrolysis) is 1. The van der Waals surface area contributed by atoms with Gasteiger partial charge in [-0.05, 0) is 83.3 Å². The maximum Gasteiger partial charge on any atom is 0.407 e. The van der Waals surface area contributed by atoms with Gasteiger partial charge < -0.3 is 49.8 Å². The molecule has 20 heteroatoms. The van der Waals surface area contributed by atoms with Crippen LogP contribution in [0.15, 0.2) is 53.6 Å². The average molecular weight is 1030 g/mol. The lowest BCUT2D eigenvalue weighted by atomic mass is 9.90. The van der Waals surface area contributed by atoms with Gasteiger partial charge in [0.15, 0.2) is 13.5 Å². The van der Waals surface area contributed by atoms with Gasteiger partial charge in [-0.3, -0.25) is 28.5 Å². The van der Waals surface area contributed by atoms with E-state index in [4.69, 9.17) is 18.7 Å². The van der Waals surface area contributed by atoms with Gasteiger partial charge in [-0.25, -0.2) is 14.4 Å². The summed E-state index contributed by atoms with van der Waals surface area (Å²) in [4.78, 5) is 113. The Kier molecular flexibility index (Phi) is 26.5. The molecule has 1 aliphatic heterocycles. The van der Waals surface area contributed by atoms with E-state index >= 15 is 0 Å². The lowest BCUT2D eigenvalue weighted by molar-refractivity contribution is -0.155. The highest BCUT2D eigenvalue weighted by molar-refractivity contribution is 7.57. The van der Waals surface area contributed by atoms with E-state index in [0.717, 1.165) is 10.5 Å². The van der Waals surface area contributed by atoms with E-state index in [-0.39, 0.29) is 37.3 Å². The molecule has 0 saturated carbocycles. The topological polar surface area (TPSA) is 245 Å². The number of hydrogen-bond donors (Lipinski definition) is 4. The molecule has 19 nitrogen and oxygen atoms in total. The summed E-state index contributed by atoms with van der Waals surface area (Å²) < 4.78 is 35.1. The van der Waals surface area contributed by atoms with E-state index in [1.807, 2.05) is 26.8 Å². The molecule has 0 saturated heterocycles. The lowest BCUT2D eigenvalue weighted by Gasteiger charge is -2.33. The van der Waals surface area contributed by atoms with Crippen molar-refractivity contribution in [3.05, 3.63) is 59.2 Å². The first-order valence-corrected chi connectivity index (χ1v) is 27.5. The Morgan fingerprint density at radius 2 is 1.54 bits per heavy atom. The normalized spacial score (nSPS) is 25.8. The molecule has 1 aromatic rings. The summed E-state index contributed by atoms with van der Waals surface area (Å²) in [6, 6.07) is 4.29. The summed E-state index contributed by atoms with van der Waals surface area (Å²) in [5.74, 6) is -6.26. The zero-order chi connectivity index (χ0) is 54.5. The van der Waals surface area contributed by atoms with Crippen LogP contribution in [0.4, 0.5) is 4.79 Å². The van der Waals surface area contributed by atoms with Crippen molar-refractivity contribution in [2.24, 2.45) is 17.8 Å². The molecule has 0 radical (unpaired) electrons. The highest BCUT2D eigenvalue weighted by Crippen LogP contribution is 2.37. The Balaban J connectivity index is 2.65. The van der Waals surface area contributed by atoms with Gasteiger partial charge in [0.05, 0.1) is 13.2 Å². The minimum atomic E-state index is -2.61. The lowest BCUT2D eigenvalue weighted by Crippen LogP contribution is -2.57. The van der Waals surface area contributed by atoms with Crippen LogP contribution in [0.1, 0.15) is 113 Å². The maximum atomic E-state index is 14.3. The van der Waals surface area contributed by atoms with Gasteiger partial charge in [-0.1, -0.05) is 83.5 Å². The van der Waals surface area contributed by atoms with Crippen LogP contribution in [0, 0.1) is 17.8 Å². The van der Waals surface area contributed by atoms with Crippen LogP contribution in [0.25, 0.3) is 0 Å². The molecule has 0 spiro atoms. The van der Waals surface area contributed by atoms with Crippen molar-refractivity contribution in [3.8, 4) is 0 Å². The number of carbonyl (C=O) groups is 8. The number of rotatable bonds is 15. The number of cyclic esters (lactones) is 2. The van der Waals surface area contributed by atoms with Crippen LogP contribution in [-0.2, 0) is 63.3 Å². The fourth-order valence-corrected chi connectivity index (χ4v) is 8.32. The minimum absolute atomic E-state index is 0.0598. The minimum Gasteiger partial charge on any atom is -0.456 e. The van der Waals surface area contributed by atoms with Crippen LogP contribution in [0.3, 0.4) is 0 Å². The maximum absolute atomic E-state index is 14.3. The first-order chi connectivity index (χ1) is 33.7. The molecule has 0 aromatic heterocycles. The fraction of sp³-hybridized carbons (Fsp3) is 0.654. The van der Waals surface area contributed by atoms with Crippen LogP contribution in [0.2, 0.25) is 0 Å². The number of likely N-dealkylation sites (N-methyl/N-ethyl adjacent to an activating group) is 2. The predicted octanol–water partition coefficient (Wildman–Crippen LogP) is 5.70. The zero-order valence-electron chi connectivity index (χ0n) is 45.0. The molecule has 9 atom stereocenters. The number of nitrogens with zero attached hydrogens (tertiary/aromatic N) is 2. The summed E-state index contributed by atoms with van der Waals surface area (Å²) >= 11 is 0. The summed E-state index contributed by atoms with van der Waals surface area (Å²) in [5, 5.41) is 10.8. The molecule has 404 valence electrons. The molecule has 6 amide bonds. The molecule has 72 heavy (non-hydrogen) atoms. The van der Waals surface area contributed by atoms with E-state index in [9.17, 15) is 42.9 Å². The van der Waals surface area contributed by atoms with Gasteiger partial charge in [0.1, 0.15) is 36.4 Å². The fourth-order valence-electron chi connectivity index (χ4n) is 7.75. The largest absolute Gasteiger partial charge is 0.456 e. The average Bonchev–Trinajstić information content (AvgIpc) is 3.32. The molecular formula is C52H83N6O13P. The third kappa shape index (κ3) is 21.3. The van der Waals surface area contributed by atoms with Crippen LogP contribution in [0.5, 0.6) is 0 Å². The number of unbranched alkanes of at least 4 members (excludes halogenated alkanes) is 2. The Labute approximate surface area is 427 Å². The second kappa shape index (κ2) is 30.5. The number of hydrogen-bond acceptors (Lipinski definition) is 13. The van der Waals surface area contributed by atoms with Crippen LogP contribution >= 0.6 is 7.37 Å². The van der Waals surface area contributed by atoms with Crippen LogP contribution < -0.4 is 21.3 Å². The third-order valence-corrected chi connectivity index (χ3v) is 13.4. The van der Waals surface area contributed by atoms with Crippen LogP contribution in [-0.4, -0.2) is 147 Å². The van der Waals surface area contributed by atoms with Gasteiger partial charge in [-0.2, -0.15) is 0 Å². The molecular weight excluding hydrogens is 948 g/mol. The van der Waals surface area contributed by atoms with Gasteiger partial charge in [0.25, 0.3) is 5.91 Å². The highest BCUT2D eigenvalue weighted by Gasteiger charge is 2.37. The van der Waals surface area contributed by atoms with Crippen molar-refractivity contribution in [3.63, 3.8) is 0 Å². The highest BCUT2D eigenvalue weighted by atomic mass is 31.2. The molecule has 4 N–H and O–H groups in total. The number of nitrogens with one attached hydrogen (secondary N) is 4. The molecule has 0 bridgehead atoms. The second-order valence-corrected chi connectivity index (χ2v) is 22.4. The van der Waals surface area contributed by atoms with Crippen molar-refractivity contribution in [1.29, 1.82) is 0 Å². The summed E-state index contributed by atoms with van der Waals surface area (Å²) in [6.07, 6.45) is 1.57. The summed E-state index contributed by atoms with van der Waals surface area (Å²) in [6.45, 7) is 20.0. The quantitative estimate of drug-likeness (QED) is 0.0543.